The van der Waals surface area contributed by atoms with E-state index in [9.17, 15) is 0 Å². The highest BCUT2D eigenvalue weighted by Crippen LogP contribution is 2.31. The summed E-state index contributed by atoms with van der Waals surface area (Å²) in [6, 6.07) is 15.4. The third kappa shape index (κ3) is 6.36. The van der Waals surface area contributed by atoms with Gasteiger partial charge >= 0.3 is 0 Å². The van der Waals surface area contributed by atoms with Crippen molar-refractivity contribution in [3.63, 3.8) is 0 Å². The number of rotatable bonds is 4. The average Bonchev–Trinajstić information content (AvgIpc) is 3.32. The molecular weight excluding hydrogens is 418 g/mol. The van der Waals surface area contributed by atoms with Crippen LogP contribution in [0, 0.1) is 42.4 Å². The number of benzene rings is 2. The Balaban J connectivity index is 0.000000269. The van der Waals surface area contributed by atoms with Gasteiger partial charge < -0.3 is 9.64 Å². The van der Waals surface area contributed by atoms with Gasteiger partial charge in [0.1, 0.15) is 17.9 Å². The normalized spacial score (nSPS) is 16.7. The molecule has 1 fully saturated rings. The van der Waals surface area contributed by atoms with Crippen LogP contribution in [0.5, 0.6) is 5.75 Å². The zero-order valence-electron chi connectivity index (χ0n) is 18.9. The van der Waals surface area contributed by atoms with Crippen molar-refractivity contribution in [1.29, 1.82) is 10.5 Å². The van der Waals surface area contributed by atoms with Crippen molar-refractivity contribution < 1.29 is 4.74 Å². The molecule has 0 amide bonds. The van der Waals surface area contributed by atoms with Crippen molar-refractivity contribution in [2.24, 2.45) is 5.92 Å². The standard InChI is InChI=1S/C19H23ClN2O.C8H7N/c1-14-18(7-6-16(12-21)19(14)20)23-17-8-10-22(11-9-17)13-15-4-2-3-5-15;1-7-4-2-3-5-8(7)6-9/h2-3,6-7,15,17H,4-5,8-11,13H2,1H3;2-5H,1H3. The Morgan fingerprint density at radius 2 is 1.62 bits per heavy atom. The van der Waals surface area contributed by atoms with Gasteiger partial charge in [-0.2, -0.15) is 10.5 Å². The molecule has 5 heteroatoms. The van der Waals surface area contributed by atoms with E-state index in [1.807, 2.05) is 44.2 Å². The summed E-state index contributed by atoms with van der Waals surface area (Å²) in [5, 5.41) is 18.0. The SMILES string of the molecule is Cc1c(OC2CCN(CC3CC=CC3)CC2)ccc(C#N)c1Cl.Cc1ccccc1C#N. The maximum atomic E-state index is 9.02. The van der Waals surface area contributed by atoms with Gasteiger partial charge in [-0.05, 0) is 69.2 Å². The van der Waals surface area contributed by atoms with Crippen LogP contribution in [0.3, 0.4) is 0 Å². The van der Waals surface area contributed by atoms with E-state index in [0.29, 0.717) is 10.6 Å². The lowest BCUT2D eigenvalue weighted by molar-refractivity contribution is 0.0917. The van der Waals surface area contributed by atoms with Crippen LogP contribution >= 0.6 is 11.6 Å². The van der Waals surface area contributed by atoms with Crippen LogP contribution in [0.25, 0.3) is 0 Å². The number of nitrogens with zero attached hydrogens (tertiary/aromatic N) is 3. The molecule has 0 aromatic heterocycles. The molecule has 1 aliphatic heterocycles. The predicted molar refractivity (Wildman–Crippen MR) is 129 cm³/mol. The van der Waals surface area contributed by atoms with E-state index >= 15 is 0 Å². The Labute approximate surface area is 196 Å². The van der Waals surface area contributed by atoms with Crippen LogP contribution in [-0.4, -0.2) is 30.6 Å². The quantitative estimate of drug-likeness (QED) is 0.524. The van der Waals surface area contributed by atoms with Gasteiger partial charge in [0.2, 0.25) is 0 Å². The van der Waals surface area contributed by atoms with Crippen molar-refractivity contribution in [2.75, 3.05) is 19.6 Å². The van der Waals surface area contributed by atoms with Gasteiger partial charge in [-0.15, -0.1) is 0 Å². The Morgan fingerprint density at radius 3 is 2.22 bits per heavy atom. The molecule has 2 aromatic rings. The van der Waals surface area contributed by atoms with E-state index in [-0.39, 0.29) is 6.10 Å². The largest absolute Gasteiger partial charge is 0.490 e. The molecule has 1 saturated heterocycles. The van der Waals surface area contributed by atoms with Gasteiger partial charge in [0, 0.05) is 25.2 Å². The fourth-order valence-electron chi connectivity index (χ4n) is 4.16. The first-order valence-corrected chi connectivity index (χ1v) is 11.6. The molecule has 0 N–H and O–H groups in total. The summed E-state index contributed by atoms with van der Waals surface area (Å²) in [4.78, 5) is 2.57. The van der Waals surface area contributed by atoms with E-state index in [1.165, 1.54) is 19.4 Å². The van der Waals surface area contributed by atoms with E-state index in [2.05, 4.69) is 29.2 Å². The summed E-state index contributed by atoms with van der Waals surface area (Å²) in [6.07, 6.45) is 9.43. The van der Waals surface area contributed by atoms with Crippen molar-refractivity contribution in [1.82, 2.24) is 4.90 Å². The van der Waals surface area contributed by atoms with Gasteiger partial charge in [0.15, 0.2) is 0 Å². The molecule has 0 saturated carbocycles. The monoisotopic (exact) mass is 447 g/mol. The minimum atomic E-state index is 0.246. The third-order valence-electron chi connectivity index (χ3n) is 6.17. The third-order valence-corrected chi connectivity index (χ3v) is 6.66. The molecule has 1 aliphatic carbocycles. The lowest BCUT2D eigenvalue weighted by Crippen LogP contribution is -2.40. The summed E-state index contributed by atoms with van der Waals surface area (Å²) in [5.74, 6) is 1.62. The molecule has 1 heterocycles. The second kappa shape index (κ2) is 11.7. The van der Waals surface area contributed by atoms with Crippen LogP contribution in [0.15, 0.2) is 48.6 Å². The van der Waals surface area contributed by atoms with Crippen LogP contribution in [0.1, 0.15) is 47.9 Å². The Kier molecular flexibility index (Phi) is 8.74. The Bertz CT molecular complexity index is 1020. The van der Waals surface area contributed by atoms with E-state index < -0.39 is 0 Å². The van der Waals surface area contributed by atoms with Crippen LogP contribution in [0.4, 0.5) is 0 Å². The maximum absolute atomic E-state index is 9.02. The van der Waals surface area contributed by atoms with Gasteiger partial charge in [0.05, 0.1) is 22.2 Å². The topological polar surface area (TPSA) is 60.0 Å². The first kappa shape index (κ1) is 23.9. The first-order chi connectivity index (χ1) is 15.5. The lowest BCUT2D eigenvalue weighted by Gasteiger charge is -2.34. The molecule has 2 aliphatic rings. The molecule has 4 rings (SSSR count). The average molecular weight is 448 g/mol. The number of aryl methyl sites for hydroxylation is 1. The van der Waals surface area contributed by atoms with E-state index in [0.717, 1.165) is 54.3 Å². The molecule has 2 aromatic carbocycles. The summed E-state index contributed by atoms with van der Waals surface area (Å²) in [5.41, 5.74) is 3.18. The summed E-state index contributed by atoms with van der Waals surface area (Å²) in [6.45, 7) is 7.26. The van der Waals surface area contributed by atoms with Crippen molar-refractivity contribution >= 4 is 11.6 Å². The second-order valence-corrected chi connectivity index (χ2v) is 8.89. The Morgan fingerprint density at radius 1 is 0.969 bits per heavy atom. The molecule has 32 heavy (non-hydrogen) atoms. The number of halogens is 1. The number of likely N-dealkylation sites (tertiary alicyclic amines) is 1. The number of ether oxygens (including phenoxy) is 1. The molecular formula is C27H30ClN3O. The van der Waals surface area contributed by atoms with Crippen molar-refractivity contribution in [3.8, 4) is 17.9 Å². The highest BCUT2D eigenvalue weighted by atomic mass is 35.5. The predicted octanol–water partition coefficient (Wildman–Crippen LogP) is 6.20. The highest BCUT2D eigenvalue weighted by Gasteiger charge is 2.24. The summed E-state index contributed by atoms with van der Waals surface area (Å²) in [7, 11) is 0. The zero-order chi connectivity index (χ0) is 22.9. The smallest absolute Gasteiger partial charge is 0.124 e. The number of hydrogen-bond donors (Lipinski definition) is 0. The van der Waals surface area contributed by atoms with Crippen LogP contribution < -0.4 is 4.74 Å². The zero-order valence-corrected chi connectivity index (χ0v) is 19.6. The van der Waals surface area contributed by atoms with Gasteiger partial charge in [-0.1, -0.05) is 42.0 Å². The van der Waals surface area contributed by atoms with Crippen molar-refractivity contribution in [2.45, 2.75) is 45.6 Å². The minimum Gasteiger partial charge on any atom is -0.490 e. The fraction of sp³-hybridized carbons (Fsp3) is 0.407. The molecule has 0 unspecified atom stereocenters. The minimum absolute atomic E-state index is 0.246. The van der Waals surface area contributed by atoms with Gasteiger partial charge in [0.25, 0.3) is 0 Å². The maximum Gasteiger partial charge on any atom is 0.124 e. The molecule has 0 bridgehead atoms. The Hall–Kier alpha value is -2.79. The van der Waals surface area contributed by atoms with E-state index in [4.69, 9.17) is 26.9 Å². The van der Waals surface area contributed by atoms with E-state index in [1.54, 1.807) is 6.07 Å². The van der Waals surface area contributed by atoms with Crippen molar-refractivity contribution in [3.05, 3.63) is 75.8 Å². The number of allylic oxidation sites excluding steroid dienone is 2. The summed E-state index contributed by atoms with van der Waals surface area (Å²) >= 11 is 6.22. The molecule has 166 valence electrons. The lowest BCUT2D eigenvalue weighted by atomic mass is 10.0. The number of piperidine rings is 1. The van der Waals surface area contributed by atoms with Crippen LogP contribution in [0.2, 0.25) is 5.02 Å². The molecule has 4 nitrogen and oxygen atoms in total. The highest BCUT2D eigenvalue weighted by molar-refractivity contribution is 6.32. The first-order valence-electron chi connectivity index (χ1n) is 11.2. The van der Waals surface area contributed by atoms with Crippen LogP contribution in [-0.2, 0) is 0 Å². The fourth-order valence-corrected chi connectivity index (χ4v) is 4.36. The molecule has 0 radical (unpaired) electrons. The number of hydrogen-bond acceptors (Lipinski definition) is 4. The van der Waals surface area contributed by atoms with Gasteiger partial charge in [-0.3, -0.25) is 0 Å². The number of nitriles is 2. The van der Waals surface area contributed by atoms with Gasteiger partial charge in [-0.25, -0.2) is 0 Å². The molecule has 0 atom stereocenters. The molecule has 0 spiro atoms. The second-order valence-electron chi connectivity index (χ2n) is 8.52. The summed E-state index contributed by atoms with van der Waals surface area (Å²) < 4.78 is 6.15.